The zero-order valence-corrected chi connectivity index (χ0v) is 20.6. The van der Waals surface area contributed by atoms with Gasteiger partial charge in [0, 0.05) is 13.2 Å². The molecule has 1 heterocycles. The fraction of sp³-hybridized carbons (Fsp3) is 0.462. The lowest BCUT2D eigenvalue weighted by Crippen LogP contribution is -2.36. The van der Waals surface area contributed by atoms with Gasteiger partial charge in [-0.25, -0.2) is 0 Å². The van der Waals surface area contributed by atoms with Crippen LogP contribution in [0.25, 0.3) is 0 Å². The Hall–Kier alpha value is -3.54. The minimum absolute atomic E-state index is 0.161. The van der Waals surface area contributed by atoms with E-state index in [1.807, 2.05) is 36.4 Å². The molecule has 0 fully saturated rings. The number of hydrogen-bond acceptors (Lipinski definition) is 9. The minimum atomic E-state index is -1.09. The van der Waals surface area contributed by atoms with E-state index in [0.717, 1.165) is 0 Å². The van der Waals surface area contributed by atoms with Gasteiger partial charge in [0.1, 0.15) is 32.5 Å². The second kappa shape index (κ2) is 15.5. The summed E-state index contributed by atoms with van der Waals surface area (Å²) in [5, 5.41) is 18.0. The Morgan fingerprint density at radius 2 is 1.22 bits per heavy atom. The molecule has 0 saturated carbocycles. The zero-order chi connectivity index (χ0) is 26.3. The van der Waals surface area contributed by atoms with Gasteiger partial charge in [0.05, 0.1) is 26.3 Å². The van der Waals surface area contributed by atoms with Gasteiger partial charge < -0.3 is 38.6 Å². The number of rotatable bonds is 9. The van der Waals surface area contributed by atoms with Crippen molar-refractivity contribution in [3.8, 4) is 23.0 Å². The first-order chi connectivity index (χ1) is 18.0. The van der Waals surface area contributed by atoms with Gasteiger partial charge >= 0.3 is 11.9 Å². The third-order valence-corrected chi connectivity index (χ3v) is 5.21. The molecule has 3 rings (SSSR count). The lowest BCUT2D eigenvalue weighted by molar-refractivity contribution is -0.141. The van der Waals surface area contributed by atoms with Crippen LogP contribution in [-0.2, 0) is 19.1 Å². The Balaban J connectivity index is 1.65. The molecule has 0 bridgehead atoms. The van der Waals surface area contributed by atoms with E-state index in [-0.39, 0.29) is 39.5 Å². The molecule has 2 aromatic rings. The third-order valence-electron chi connectivity index (χ3n) is 5.21. The van der Waals surface area contributed by atoms with E-state index in [4.69, 9.17) is 38.6 Å². The number of fused-ring (bicyclic) bond motifs is 2. The van der Waals surface area contributed by atoms with Gasteiger partial charge in [0.2, 0.25) is 0 Å². The molecule has 1 aliphatic heterocycles. The third kappa shape index (κ3) is 10.5. The molecule has 0 aromatic heterocycles. The van der Waals surface area contributed by atoms with Crippen LogP contribution in [0.5, 0.6) is 23.0 Å². The maximum absolute atomic E-state index is 11.0. The summed E-state index contributed by atoms with van der Waals surface area (Å²) in [6.07, 6.45) is -0.0547. The van der Waals surface area contributed by atoms with Crippen molar-refractivity contribution in [1.82, 2.24) is 4.90 Å². The monoisotopic (exact) mass is 519 g/mol. The first-order valence-corrected chi connectivity index (χ1v) is 12.1. The molecule has 2 aromatic carbocycles. The van der Waals surface area contributed by atoms with Gasteiger partial charge in [-0.15, -0.1) is 0 Å². The highest BCUT2D eigenvalue weighted by atomic mass is 16.6. The van der Waals surface area contributed by atoms with Gasteiger partial charge in [-0.05, 0) is 30.7 Å². The largest absolute Gasteiger partial charge is 0.487 e. The smallest absolute Gasteiger partial charge is 0.317 e. The number of carboxylic acids is 2. The quantitative estimate of drug-likeness (QED) is 0.472. The maximum Gasteiger partial charge on any atom is 0.317 e. The van der Waals surface area contributed by atoms with E-state index in [9.17, 15) is 9.59 Å². The van der Waals surface area contributed by atoms with Crippen molar-refractivity contribution < 1.29 is 48.2 Å². The molecule has 11 nitrogen and oxygen atoms in total. The summed E-state index contributed by atoms with van der Waals surface area (Å²) in [6.45, 7) is 1.59. The van der Waals surface area contributed by atoms with Gasteiger partial charge in [-0.2, -0.15) is 0 Å². The first kappa shape index (κ1) is 28.0. The van der Waals surface area contributed by atoms with Crippen molar-refractivity contribution >= 4 is 11.9 Å². The predicted octanol–water partition coefficient (Wildman–Crippen LogP) is 2.18. The van der Waals surface area contributed by atoms with Crippen LogP contribution in [0, 0.1) is 0 Å². The lowest BCUT2D eigenvalue weighted by atomic mass is 10.3. The SMILES string of the molecule is O=C(O)CN(CCCOC1COc2ccccc2OCCOCCOc2ccccc2OC1)CC(=O)O. The van der Waals surface area contributed by atoms with Crippen LogP contribution in [0.1, 0.15) is 6.42 Å². The standard InChI is InChI=1S/C26H33NO10/c28-25(29)16-27(17-26(30)31)10-5-11-33-20-18-36-23-8-3-1-6-21(23)34-14-12-32-13-15-35-22-7-2-4-9-24(22)37-19-20/h1-4,6-9,20H,5,10-19H2,(H,28,29)(H,30,31). The van der Waals surface area contributed by atoms with Crippen LogP contribution in [0.2, 0.25) is 0 Å². The number of hydrogen-bond donors (Lipinski definition) is 2. The predicted molar refractivity (Wildman–Crippen MR) is 132 cm³/mol. The van der Waals surface area contributed by atoms with Crippen molar-refractivity contribution in [2.75, 3.05) is 65.9 Å². The molecule has 0 aliphatic carbocycles. The van der Waals surface area contributed by atoms with Crippen LogP contribution in [0.4, 0.5) is 0 Å². The Kier molecular flexibility index (Phi) is 11.8. The lowest BCUT2D eigenvalue weighted by Gasteiger charge is -2.22. The molecule has 37 heavy (non-hydrogen) atoms. The van der Waals surface area contributed by atoms with Crippen molar-refractivity contribution in [2.24, 2.45) is 0 Å². The number of carboxylic acid groups (broad SMARTS) is 2. The Morgan fingerprint density at radius 3 is 1.68 bits per heavy atom. The van der Waals surface area contributed by atoms with Crippen LogP contribution in [0.3, 0.4) is 0 Å². The number of nitrogens with zero attached hydrogens (tertiary/aromatic N) is 1. The molecule has 202 valence electrons. The molecule has 0 spiro atoms. The normalized spacial score (nSPS) is 15.3. The highest BCUT2D eigenvalue weighted by molar-refractivity contribution is 5.72. The van der Waals surface area contributed by atoms with Gasteiger partial charge in [0.15, 0.2) is 23.0 Å². The van der Waals surface area contributed by atoms with Gasteiger partial charge in [-0.1, -0.05) is 24.3 Å². The van der Waals surface area contributed by atoms with Crippen molar-refractivity contribution in [3.05, 3.63) is 48.5 Å². The van der Waals surface area contributed by atoms with Crippen LogP contribution in [-0.4, -0.2) is 99.0 Å². The first-order valence-electron chi connectivity index (χ1n) is 12.1. The average Bonchev–Trinajstić information content (AvgIpc) is 2.87. The molecule has 0 radical (unpaired) electrons. The van der Waals surface area contributed by atoms with Gasteiger partial charge in [-0.3, -0.25) is 14.5 Å². The summed E-state index contributed by atoms with van der Waals surface area (Å²) in [6, 6.07) is 14.6. The summed E-state index contributed by atoms with van der Waals surface area (Å²) in [7, 11) is 0. The van der Waals surface area contributed by atoms with E-state index in [1.54, 1.807) is 12.1 Å². The number of aliphatic carboxylic acids is 2. The fourth-order valence-electron chi connectivity index (χ4n) is 3.55. The van der Waals surface area contributed by atoms with Gasteiger partial charge in [0.25, 0.3) is 0 Å². The Bertz CT molecular complexity index is 914. The molecule has 11 heteroatoms. The van der Waals surface area contributed by atoms with Crippen LogP contribution < -0.4 is 18.9 Å². The van der Waals surface area contributed by atoms with E-state index in [0.29, 0.717) is 55.8 Å². The molecule has 0 amide bonds. The average molecular weight is 520 g/mol. The molecule has 2 N–H and O–H groups in total. The summed E-state index contributed by atoms with van der Waals surface area (Å²) in [5.74, 6) is 0.0987. The molecule has 0 saturated heterocycles. The second-order valence-electron chi connectivity index (χ2n) is 8.17. The molecule has 0 atom stereocenters. The minimum Gasteiger partial charge on any atom is -0.487 e. The second-order valence-corrected chi connectivity index (χ2v) is 8.17. The summed E-state index contributed by atoms with van der Waals surface area (Å²) >= 11 is 0. The molecular weight excluding hydrogens is 486 g/mol. The molecule has 0 unspecified atom stereocenters. The van der Waals surface area contributed by atoms with E-state index < -0.39 is 18.0 Å². The highest BCUT2D eigenvalue weighted by Gasteiger charge is 2.17. The summed E-state index contributed by atoms with van der Waals surface area (Å²) in [5.41, 5.74) is 0. The Labute approximate surface area is 215 Å². The summed E-state index contributed by atoms with van der Waals surface area (Å²) in [4.78, 5) is 23.4. The number of ether oxygens (including phenoxy) is 6. The number of benzene rings is 2. The Morgan fingerprint density at radius 1 is 0.757 bits per heavy atom. The van der Waals surface area contributed by atoms with E-state index >= 15 is 0 Å². The topological polar surface area (TPSA) is 133 Å². The van der Waals surface area contributed by atoms with Crippen LogP contribution >= 0.6 is 0 Å². The van der Waals surface area contributed by atoms with Crippen molar-refractivity contribution in [2.45, 2.75) is 12.5 Å². The van der Waals surface area contributed by atoms with Crippen molar-refractivity contribution in [1.29, 1.82) is 0 Å². The van der Waals surface area contributed by atoms with Crippen LogP contribution in [0.15, 0.2) is 48.5 Å². The van der Waals surface area contributed by atoms with E-state index in [2.05, 4.69) is 0 Å². The summed E-state index contributed by atoms with van der Waals surface area (Å²) < 4.78 is 35.2. The number of para-hydroxylation sites is 4. The molecule has 1 aliphatic rings. The molecular formula is C26H33NO10. The zero-order valence-electron chi connectivity index (χ0n) is 20.6. The fourth-order valence-corrected chi connectivity index (χ4v) is 3.55. The van der Waals surface area contributed by atoms with Crippen molar-refractivity contribution in [3.63, 3.8) is 0 Å². The maximum atomic E-state index is 11.0. The highest BCUT2D eigenvalue weighted by Crippen LogP contribution is 2.28. The number of carbonyl (C=O) groups is 2. The van der Waals surface area contributed by atoms with E-state index in [1.165, 1.54) is 4.90 Å².